The summed E-state index contributed by atoms with van der Waals surface area (Å²) in [5.41, 5.74) is 5.62. The van der Waals surface area contributed by atoms with Crippen LogP contribution in [0.1, 0.15) is 46.1 Å². The van der Waals surface area contributed by atoms with Crippen LogP contribution in [0, 0.1) is 0 Å². The molecule has 4 aromatic rings. The molecule has 0 radical (unpaired) electrons. The maximum atomic E-state index is 2.47. The first-order valence-electron chi connectivity index (χ1n) is 10.6. The smallest absolute Gasteiger partial charge is 0.192 e. The van der Waals surface area contributed by atoms with Crippen molar-refractivity contribution < 1.29 is 4.57 Å². The molecule has 0 saturated heterocycles. The fourth-order valence-corrected chi connectivity index (χ4v) is 4.42. The van der Waals surface area contributed by atoms with E-state index in [1.54, 1.807) is 0 Å². The van der Waals surface area contributed by atoms with Gasteiger partial charge in [-0.1, -0.05) is 57.2 Å². The van der Waals surface area contributed by atoms with E-state index in [2.05, 4.69) is 105 Å². The average Bonchev–Trinajstić information content (AvgIpc) is 2.76. The van der Waals surface area contributed by atoms with Gasteiger partial charge in [-0.25, -0.2) is 0 Å². The molecular weight excluding hydrogens is 338 g/mol. The van der Waals surface area contributed by atoms with Crippen molar-refractivity contribution in [3.63, 3.8) is 0 Å². The van der Waals surface area contributed by atoms with Crippen LogP contribution in [0.25, 0.3) is 32.9 Å². The van der Waals surface area contributed by atoms with E-state index in [1.165, 1.54) is 38.5 Å². The largest absolute Gasteiger partial charge is 0.213 e. The number of para-hydroxylation sites is 1. The van der Waals surface area contributed by atoms with E-state index in [0.717, 1.165) is 19.4 Å². The van der Waals surface area contributed by atoms with Crippen LogP contribution in [0.3, 0.4) is 0 Å². The number of aromatic nitrogens is 1. The Morgan fingerprint density at radius 2 is 1.32 bits per heavy atom. The molecule has 0 bridgehead atoms. The SMILES string of the molecule is CC[n+]1c(-c2cc3ccccc3cc2C(C)(CC)CC)ccc2ccccc21. The maximum absolute atomic E-state index is 2.47. The van der Waals surface area contributed by atoms with Crippen molar-refractivity contribution in [3.8, 4) is 11.3 Å². The molecule has 0 aliphatic heterocycles. The van der Waals surface area contributed by atoms with Crippen LogP contribution < -0.4 is 4.57 Å². The van der Waals surface area contributed by atoms with Gasteiger partial charge in [-0.15, -0.1) is 0 Å². The third-order valence-electron chi connectivity index (χ3n) is 6.63. The minimum Gasteiger partial charge on any atom is -0.192 e. The number of pyridine rings is 1. The molecule has 1 nitrogen and oxygen atoms in total. The molecule has 0 aliphatic carbocycles. The number of aryl methyl sites for hydroxylation is 1. The summed E-state index contributed by atoms with van der Waals surface area (Å²) in [6, 6.07) is 26.9. The van der Waals surface area contributed by atoms with Gasteiger partial charge in [0.1, 0.15) is 6.54 Å². The summed E-state index contributed by atoms with van der Waals surface area (Å²) in [6.07, 6.45) is 2.27. The summed E-state index contributed by atoms with van der Waals surface area (Å²) in [7, 11) is 0. The predicted octanol–water partition coefficient (Wildman–Crippen LogP) is 7.05. The van der Waals surface area contributed by atoms with Crippen molar-refractivity contribution >= 4 is 21.7 Å². The van der Waals surface area contributed by atoms with Crippen molar-refractivity contribution in [1.29, 1.82) is 0 Å². The fourth-order valence-electron chi connectivity index (χ4n) is 4.42. The third-order valence-corrected chi connectivity index (χ3v) is 6.63. The zero-order valence-electron chi connectivity index (χ0n) is 17.5. The molecule has 1 aromatic heterocycles. The Balaban J connectivity index is 2.09. The minimum absolute atomic E-state index is 0.163. The molecule has 3 aromatic carbocycles. The van der Waals surface area contributed by atoms with E-state index >= 15 is 0 Å². The van der Waals surface area contributed by atoms with Gasteiger partial charge in [0.05, 0.1) is 5.56 Å². The minimum atomic E-state index is 0.163. The average molecular weight is 369 g/mol. The van der Waals surface area contributed by atoms with Crippen LogP contribution in [0.4, 0.5) is 0 Å². The van der Waals surface area contributed by atoms with Gasteiger partial charge in [0.15, 0.2) is 0 Å². The number of fused-ring (bicyclic) bond motifs is 2. The Kier molecular flexibility index (Phi) is 4.93. The molecular formula is C27H30N+. The molecule has 1 heterocycles. The van der Waals surface area contributed by atoms with Crippen LogP contribution in [-0.2, 0) is 12.0 Å². The monoisotopic (exact) mass is 368 g/mol. The first-order chi connectivity index (χ1) is 13.6. The van der Waals surface area contributed by atoms with Crippen LogP contribution in [0.5, 0.6) is 0 Å². The van der Waals surface area contributed by atoms with Crippen molar-refractivity contribution in [2.45, 2.75) is 52.5 Å². The molecule has 142 valence electrons. The number of hydrogen-bond acceptors (Lipinski definition) is 0. The van der Waals surface area contributed by atoms with E-state index in [-0.39, 0.29) is 5.41 Å². The van der Waals surface area contributed by atoms with E-state index in [0.29, 0.717) is 0 Å². The maximum Gasteiger partial charge on any atom is 0.213 e. The van der Waals surface area contributed by atoms with Gasteiger partial charge in [0, 0.05) is 17.5 Å². The number of rotatable bonds is 5. The number of nitrogens with zero attached hydrogens (tertiary/aromatic N) is 1. The van der Waals surface area contributed by atoms with E-state index in [1.807, 2.05) is 0 Å². The molecule has 0 aliphatic rings. The van der Waals surface area contributed by atoms with Crippen molar-refractivity contribution in [1.82, 2.24) is 0 Å². The number of hydrogen-bond donors (Lipinski definition) is 0. The second-order valence-electron chi connectivity index (χ2n) is 8.03. The molecule has 0 fully saturated rings. The van der Waals surface area contributed by atoms with Gasteiger partial charge in [-0.3, -0.25) is 0 Å². The quantitative estimate of drug-likeness (QED) is 0.332. The first kappa shape index (κ1) is 18.7. The van der Waals surface area contributed by atoms with Crippen molar-refractivity contribution in [2.24, 2.45) is 0 Å². The molecule has 1 heteroatoms. The summed E-state index contributed by atoms with van der Waals surface area (Å²) in [4.78, 5) is 0. The van der Waals surface area contributed by atoms with E-state index in [4.69, 9.17) is 0 Å². The zero-order valence-corrected chi connectivity index (χ0v) is 17.5. The lowest BCUT2D eigenvalue weighted by molar-refractivity contribution is -0.656. The lowest BCUT2D eigenvalue weighted by Gasteiger charge is -2.30. The summed E-state index contributed by atoms with van der Waals surface area (Å²) >= 11 is 0. The summed E-state index contributed by atoms with van der Waals surface area (Å²) < 4.78 is 2.47. The molecule has 0 N–H and O–H groups in total. The second-order valence-corrected chi connectivity index (χ2v) is 8.03. The van der Waals surface area contributed by atoms with Crippen LogP contribution >= 0.6 is 0 Å². The van der Waals surface area contributed by atoms with Gasteiger partial charge in [0.2, 0.25) is 11.2 Å². The molecule has 28 heavy (non-hydrogen) atoms. The van der Waals surface area contributed by atoms with Crippen molar-refractivity contribution in [2.75, 3.05) is 0 Å². The van der Waals surface area contributed by atoms with Crippen LogP contribution in [0.15, 0.2) is 72.8 Å². The van der Waals surface area contributed by atoms with Gasteiger partial charge in [0.25, 0.3) is 0 Å². The summed E-state index contributed by atoms with van der Waals surface area (Å²) in [6.45, 7) is 10.2. The highest BCUT2D eigenvalue weighted by Crippen LogP contribution is 2.39. The predicted molar refractivity (Wildman–Crippen MR) is 121 cm³/mol. The summed E-state index contributed by atoms with van der Waals surface area (Å²) in [5, 5.41) is 3.94. The summed E-state index contributed by atoms with van der Waals surface area (Å²) in [5.74, 6) is 0. The van der Waals surface area contributed by atoms with E-state index in [9.17, 15) is 0 Å². The topological polar surface area (TPSA) is 3.88 Å². The van der Waals surface area contributed by atoms with Gasteiger partial charge >= 0.3 is 0 Å². The first-order valence-corrected chi connectivity index (χ1v) is 10.6. The molecule has 0 spiro atoms. The molecule has 4 rings (SSSR count). The standard InChI is InChI=1S/C27H30N/c1-5-27(4,6-2)24-19-22-14-9-8-13-21(22)18-23(24)26-17-16-20-12-10-11-15-25(20)28(26)7-3/h8-19H,5-7H2,1-4H3/q+1. The highest BCUT2D eigenvalue weighted by molar-refractivity contribution is 5.89. The Hall–Kier alpha value is -2.67. The molecule has 0 unspecified atom stereocenters. The van der Waals surface area contributed by atoms with Gasteiger partial charge in [-0.2, -0.15) is 4.57 Å². The lowest BCUT2D eigenvalue weighted by atomic mass is 9.74. The molecule has 0 atom stereocenters. The molecule has 0 saturated carbocycles. The lowest BCUT2D eigenvalue weighted by Crippen LogP contribution is -2.36. The van der Waals surface area contributed by atoms with E-state index < -0.39 is 0 Å². The highest BCUT2D eigenvalue weighted by atomic mass is 15.0. The fraction of sp³-hybridized carbons (Fsp3) is 0.296. The normalized spacial score (nSPS) is 12.0. The Morgan fingerprint density at radius 1 is 0.714 bits per heavy atom. The zero-order chi connectivity index (χ0) is 19.7. The van der Waals surface area contributed by atoms with Crippen molar-refractivity contribution in [3.05, 3.63) is 78.4 Å². The van der Waals surface area contributed by atoms with Crippen LogP contribution in [0.2, 0.25) is 0 Å². The van der Waals surface area contributed by atoms with Gasteiger partial charge in [-0.05, 0) is 65.8 Å². The molecule has 0 amide bonds. The Morgan fingerprint density at radius 3 is 1.96 bits per heavy atom. The third kappa shape index (κ3) is 2.99. The second kappa shape index (κ2) is 7.39. The Labute approximate surface area is 168 Å². The van der Waals surface area contributed by atoms with Crippen LogP contribution in [-0.4, -0.2) is 0 Å². The Bertz CT molecular complexity index is 1140. The number of benzene rings is 3. The highest BCUT2D eigenvalue weighted by Gasteiger charge is 2.29. The van der Waals surface area contributed by atoms with Gasteiger partial charge < -0.3 is 0 Å².